The van der Waals surface area contributed by atoms with Gasteiger partial charge in [0, 0.05) is 6.42 Å². The van der Waals surface area contributed by atoms with Crippen LogP contribution in [0.2, 0.25) is 0 Å². The van der Waals surface area contributed by atoms with Crippen molar-refractivity contribution in [2.24, 2.45) is 0 Å². The second-order valence-electron chi connectivity index (χ2n) is 5.08. The molecule has 3 heteroatoms. The summed E-state index contributed by atoms with van der Waals surface area (Å²) in [6, 6.07) is 0. The van der Waals surface area contributed by atoms with Crippen LogP contribution in [0.25, 0.3) is 0 Å². The molecule has 1 N–H and O–H groups in total. The van der Waals surface area contributed by atoms with Crippen LogP contribution in [0, 0.1) is 0 Å². The number of aliphatic carboxylic acids is 1. The van der Waals surface area contributed by atoms with Crippen molar-refractivity contribution in [1.29, 1.82) is 0 Å². The Morgan fingerprint density at radius 3 is 1.95 bits per heavy atom. The minimum Gasteiger partial charge on any atom is -1.00 e. The van der Waals surface area contributed by atoms with Gasteiger partial charge >= 0.3 is 54.9 Å². The first-order valence-electron chi connectivity index (χ1n) is 7.97. The van der Waals surface area contributed by atoms with E-state index in [-0.39, 0.29) is 51.7 Å². The number of unbranched alkanes of at least 4 members (excludes halogenated alkanes) is 7. The fourth-order valence-electron chi connectivity index (χ4n) is 1.87. The molecule has 0 aliphatic carbocycles. The molecule has 0 saturated heterocycles. The molecular weight excluding hydrogens is 386 g/mol. The Labute approximate surface area is 173 Å². The first-order chi connectivity index (χ1) is 9.77. The van der Waals surface area contributed by atoms with Crippen LogP contribution < -0.4 is 0 Å². The van der Waals surface area contributed by atoms with Crippen molar-refractivity contribution >= 4 is 54.9 Å². The molecule has 0 bridgehead atoms. The molecule has 0 aliphatic heterocycles. The fourth-order valence-corrected chi connectivity index (χ4v) is 1.87. The van der Waals surface area contributed by atoms with Crippen LogP contribution in [-0.4, -0.2) is 60.0 Å². The number of hydrogen-bond donors (Lipinski definition) is 1. The molecule has 0 atom stereocenters. The van der Waals surface area contributed by atoms with Gasteiger partial charge in [-0.25, -0.2) is 0 Å². The molecule has 2 nitrogen and oxygen atoms in total. The SMILES string of the molecule is CCCCC=CC=CC=CCCCCCCCC(=O)O.[Ba+2].[H-].[H-]. The van der Waals surface area contributed by atoms with E-state index in [1.165, 1.54) is 32.1 Å². The van der Waals surface area contributed by atoms with Crippen molar-refractivity contribution in [2.45, 2.75) is 71.1 Å². The zero-order valence-electron chi connectivity index (χ0n) is 15.6. The predicted molar refractivity (Wildman–Crippen MR) is 94.9 cm³/mol. The van der Waals surface area contributed by atoms with Gasteiger partial charge in [0.05, 0.1) is 0 Å². The minimum absolute atomic E-state index is 0. The molecule has 0 heterocycles. The predicted octanol–water partition coefficient (Wildman–Crippen LogP) is 5.50. The normalized spacial score (nSPS) is 11.5. The van der Waals surface area contributed by atoms with Gasteiger partial charge in [-0.05, 0) is 25.7 Å². The van der Waals surface area contributed by atoms with Crippen LogP contribution in [0.1, 0.15) is 74.0 Å². The van der Waals surface area contributed by atoms with E-state index in [4.69, 9.17) is 5.11 Å². The molecule has 0 amide bonds. The Balaban J connectivity index is -0.000000602. The Hall–Kier alpha value is 0.261. The summed E-state index contributed by atoms with van der Waals surface area (Å²) in [6.07, 6.45) is 23.3. The summed E-state index contributed by atoms with van der Waals surface area (Å²) in [5.41, 5.74) is 0. The minimum atomic E-state index is -0.677. The standard InChI is InChI=1S/C18H30O2.Ba.2H/c1-2-3-4-5-6-7-8-9-10-11-12-13-14-15-16-17-18(19)20;;;/h5-10H,2-4,11-17H2,1H3,(H,19,20);;;/q;+2;2*-1. The van der Waals surface area contributed by atoms with Crippen molar-refractivity contribution in [2.75, 3.05) is 0 Å². The summed E-state index contributed by atoms with van der Waals surface area (Å²) < 4.78 is 0. The Kier molecular flexibility index (Phi) is 22.7. The van der Waals surface area contributed by atoms with Crippen molar-refractivity contribution < 1.29 is 12.8 Å². The quantitative estimate of drug-likeness (QED) is 0.244. The van der Waals surface area contributed by atoms with Crippen LogP contribution in [-0.2, 0) is 4.79 Å². The van der Waals surface area contributed by atoms with Crippen molar-refractivity contribution in [3.05, 3.63) is 36.5 Å². The first kappa shape index (κ1) is 23.5. The summed E-state index contributed by atoms with van der Waals surface area (Å²) in [7, 11) is 0. The molecule has 118 valence electrons. The maximum Gasteiger partial charge on any atom is 2.00 e. The second kappa shape index (κ2) is 20.3. The smallest absolute Gasteiger partial charge is 1.00 e. The van der Waals surface area contributed by atoms with Crippen molar-refractivity contribution in [3.63, 3.8) is 0 Å². The molecule has 0 aliphatic rings. The Morgan fingerprint density at radius 2 is 1.38 bits per heavy atom. The van der Waals surface area contributed by atoms with Gasteiger partial charge in [-0.2, -0.15) is 0 Å². The molecule has 0 unspecified atom stereocenters. The van der Waals surface area contributed by atoms with E-state index in [9.17, 15) is 4.79 Å². The van der Waals surface area contributed by atoms with Gasteiger partial charge in [0.15, 0.2) is 0 Å². The molecule has 0 spiro atoms. The van der Waals surface area contributed by atoms with Gasteiger partial charge in [0.25, 0.3) is 0 Å². The average Bonchev–Trinajstić information content (AvgIpc) is 2.43. The summed E-state index contributed by atoms with van der Waals surface area (Å²) in [4.78, 5) is 10.3. The fraction of sp³-hybridized carbons (Fsp3) is 0.611. The van der Waals surface area contributed by atoms with E-state index in [0.29, 0.717) is 6.42 Å². The van der Waals surface area contributed by atoms with E-state index >= 15 is 0 Å². The van der Waals surface area contributed by atoms with E-state index in [1.54, 1.807) is 0 Å². The number of carbonyl (C=O) groups is 1. The van der Waals surface area contributed by atoms with Gasteiger partial charge in [-0.1, -0.05) is 75.5 Å². The molecular formula is C18H32BaO2. The third-order valence-electron chi connectivity index (χ3n) is 3.09. The van der Waals surface area contributed by atoms with Gasteiger partial charge in [0.1, 0.15) is 0 Å². The molecule has 0 rings (SSSR count). The van der Waals surface area contributed by atoms with Gasteiger partial charge in [-0.3, -0.25) is 4.79 Å². The number of carboxylic acids is 1. The molecule has 0 aromatic carbocycles. The molecule has 0 aromatic rings. The number of carboxylic acid groups (broad SMARTS) is 1. The van der Waals surface area contributed by atoms with E-state index in [1.807, 2.05) is 0 Å². The van der Waals surface area contributed by atoms with E-state index < -0.39 is 5.97 Å². The summed E-state index contributed by atoms with van der Waals surface area (Å²) in [5, 5.41) is 8.50. The third kappa shape index (κ3) is 22.7. The molecule has 0 radical (unpaired) electrons. The zero-order valence-corrected chi connectivity index (χ0v) is 18.0. The molecule has 0 saturated carbocycles. The summed E-state index contributed by atoms with van der Waals surface area (Å²) >= 11 is 0. The average molecular weight is 418 g/mol. The first-order valence-corrected chi connectivity index (χ1v) is 7.97. The second-order valence-corrected chi connectivity index (χ2v) is 5.08. The van der Waals surface area contributed by atoms with Crippen LogP contribution in [0.3, 0.4) is 0 Å². The Morgan fingerprint density at radius 1 is 0.857 bits per heavy atom. The summed E-state index contributed by atoms with van der Waals surface area (Å²) in [6.45, 7) is 2.21. The van der Waals surface area contributed by atoms with Crippen molar-refractivity contribution in [1.82, 2.24) is 0 Å². The molecule has 0 fully saturated rings. The maximum atomic E-state index is 10.3. The molecule has 0 aromatic heterocycles. The monoisotopic (exact) mass is 418 g/mol. The van der Waals surface area contributed by atoms with Gasteiger partial charge in [0.2, 0.25) is 0 Å². The van der Waals surface area contributed by atoms with Crippen LogP contribution in [0.4, 0.5) is 0 Å². The van der Waals surface area contributed by atoms with E-state index in [2.05, 4.69) is 43.4 Å². The number of hydrogen-bond acceptors (Lipinski definition) is 1. The van der Waals surface area contributed by atoms with Crippen molar-refractivity contribution in [3.8, 4) is 0 Å². The van der Waals surface area contributed by atoms with Gasteiger partial charge < -0.3 is 7.96 Å². The largest absolute Gasteiger partial charge is 2.00 e. The third-order valence-corrected chi connectivity index (χ3v) is 3.09. The molecule has 21 heavy (non-hydrogen) atoms. The number of allylic oxidation sites excluding steroid dienone is 6. The van der Waals surface area contributed by atoms with Crippen LogP contribution in [0.5, 0.6) is 0 Å². The van der Waals surface area contributed by atoms with Gasteiger partial charge in [-0.15, -0.1) is 0 Å². The zero-order chi connectivity index (χ0) is 14.9. The van der Waals surface area contributed by atoms with Crippen LogP contribution in [0.15, 0.2) is 36.5 Å². The van der Waals surface area contributed by atoms with Crippen LogP contribution >= 0.6 is 0 Å². The summed E-state index contributed by atoms with van der Waals surface area (Å²) in [5.74, 6) is -0.677. The number of rotatable bonds is 13. The topological polar surface area (TPSA) is 37.3 Å². The van der Waals surface area contributed by atoms with E-state index in [0.717, 1.165) is 25.7 Å². The maximum absolute atomic E-state index is 10.3. The Bertz CT molecular complexity index is 316.